The molecule has 0 fully saturated rings. The summed E-state index contributed by atoms with van der Waals surface area (Å²) in [6, 6.07) is 7.32. The molecule has 0 aliphatic carbocycles. The van der Waals surface area contributed by atoms with Crippen molar-refractivity contribution in [1.82, 2.24) is 9.62 Å². The minimum atomic E-state index is -3.36. The minimum absolute atomic E-state index is 0.398. The van der Waals surface area contributed by atoms with Gasteiger partial charge in [-0.25, -0.2) is 8.42 Å². The summed E-state index contributed by atoms with van der Waals surface area (Å²) in [5.41, 5.74) is 2.30. The number of sulfonamides is 1. The van der Waals surface area contributed by atoms with Crippen LogP contribution in [0.2, 0.25) is 0 Å². The third-order valence-corrected chi connectivity index (χ3v) is 5.61. The Labute approximate surface area is 127 Å². The van der Waals surface area contributed by atoms with Gasteiger partial charge in [0.05, 0.1) is 4.90 Å². The van der Waals surface area contributed by atoms with E-state index in [1.54, 1.807) is 16.4 Å². The molecule has 0 unspecified atom stereocenters. The SMILES string of the molecule is CNCCCc1ccc(S(=O)(=O)N2CCC=C(C)C2)cc1. The molecule has 1 N–H and O–H groups in total. The van der Waals surface area contributed by atoms with E-state index in [0.717, 1.165) is 31.4 Å². The van der Waals surface area contributed by atoms with Crippen LogP contribution in [0.15, 0.2) is 40.8 Å². The summed E-state index contributed by atoms with van der Waals surface area (Å²) < 4.78 is 26.8. The number of benzene rings is 1. The Kier molecular flexibility index (Phi) is 5.56. The van der Waals surface area contributed by atoms with Gasteiger partial charge < -0.3 is 5.32 Å². The fourth-order valence-electron chi connectivity index (χ4n) is 2.53. The molecule has 0 saturated carbocycles. The highest BCUT2D eigenvalue weighted by Gasteiger charge is 2.25. The van der Waals surface area contributed by atoms with E-state index in [-0.39, 0.29) is 0 Å². The third-order valence-electron chi connectivity index (χ3n) is 3.75. The molecule has 21 heavy (non-hydrogen) atoms. The molecule has 1 aromatic carbocycles. The van der Waals surface area contributed by atoms with Crippen molar-refractivity contribution in [3.05, 3.63) is 41.5 Å². The standard InChI is InChI=1S/C16H24N2O2S/c1-14-5-4-12-18(13-14)21(19,20)16-9-7-15(8-10-16)6-3-11-17-2/h5,7-10,17H,3-4,6,11-13H2,1-2H3. The van der Waals surface area contributed by atoms with Crippen LogP contribution in [0.4, 0.5) is 0 Å². The van der Waals surface area contributed by atoms with E-state index >= 15 is 0 Å². The highest BCUT2D eigenvalue weighted by Crippen LogP contribution is 2.21. The number of nitrogens with one attached hydrogen (secondary N) is 1. The van der Waals surface area contributed by atoms with Gasteiger partial charge >= 0.3 is 0 Å². The average molecular weight is 308 g/mol. The summed E-state index contributed by atoms with van der Waals surface area (Å²) >= 11 is 0. The van der Waals surface area contributed by atoms with Crippen LogP contribution in [-0.4, -0.2) is 39.4 Å². The van der Waals surface area contributed by atoms with Crippen LogP contribution in [-0.2, 0) is 16.4 Å². The van der Waals surface area contributed by atoms with E-state index in [1.165, 1.54) is 5.56 Å². The zero-order valence-corrected chi connectivity index (χ0v) is 13.6. The van der Waals surface area contributed by atoms with E-state index in [0.29, 0.717) is 18.0 Å². The largest absolute Gasteiger partial charge is 0.320 e. The van der Waals surface area contributed by atoms with Gasteiger partial charge in [-0.1, -0.05) is 23.8 Å². The van der Waals surface area contributed by atoms with Gasteiger partial charge in [-0.2, -0.15) is 4.31 Å². The van der Waals surface area contributed by atoms with Crippen molar-refractivity contribution in [2.24, 2.45) is 0 Å². The smallest absolute Gasteiger partial charge is 0.243 e. The lowest BCUT2D eigenvalue weighted by Gasteiger charge is -2.25. The maximum atomic E-state index is 12.6. The average Bonchev–Trinajstić information content (AvgIpc) is 2.48. The first-order chi connectivity index (χ1) is 10.0. The van der Waals surface area contributed by atoms with Crippen LogP contribution in [0.1, 0.15) is 25.3 Å². The van der Waals surface area contributed by atoms with Gasteiger partial charge in [0.25, 0.3) is 0 Å². The Bertz CT molecular complexity index is 591. The van der Waals surface area contributed by atoms with Crippen LogP contribution >= 0.6 is 0 Å². The predicted octanol–water partition coefficient (Wildman–Crippen LogP) is 2.18. The Morgan fingerprint density at radius 1 is 1.24 bits per heavy atom. The molecule has 2 rings (SSSR count). The summed E-state index contributed by atoms with van der Waals surface area (Å²) in [5.74, 6) is 0. The van der Waals surface area contributed by atoms with Crippen LogP contribution < -0.4 is 5.32 Å². The Balaban J connectivity index is 2.08. The number of rotatable bonds is 6. The zero-order chi connectivity index (χ0) is 15.3. The van der Waals surface area contributed by atoms with Crippen molar-refractivity contribution in [3.63, 3.8) is 0 Å². The van der Waals surface area contributed by atoms with Crippen molar-refractivity contribution in [2.75, 3.05) is 26.7 Å². The molecule has 0 bridgehead atoms. The second-order valence-electron chi connectivity index (χ2n) is 5.53. The zero-order valence-electron chi connectivity index (χ0n) is 12.8. The van der Waals surface area contributed by atoms with E-state index in [4.69, 9.17) is 0 Å². The second-order valence-corrected chi connectivity index (χ2v) is 7.47. The molecule has 116 valence electrons. The molecule has 1 heterocycles. The quantitative estimate of drug-likeness (QED) is 0.647. The molecular formula is C16H24N2O2S. The Morgan fingerprint density at radius 3 is 2.57 bits per heavy atom. The maximum absolute atomic E-state index is 12.6. The lowest BCUT2D eigenvalue weighted by molar-refractivity contribution is 0.428. The van der Waals surface area contributed by atoms with Crippen molar-refractivity contribution in [1.29, 1.82) is 0 Å². The van der Waals surface area contributed by atoms with Crippen molar-refractivity contribution in [2.45, 2.75) is 31.1 Å². The Hall–Kier alpha value is -1.17. The van der Waals surface area contributed by atoms with Crippen LogP contribution in [0, 0.1) is 0 Å². The number of hydrogen-bond acceptors (Lipinski definition) is 3. The van der Waals surface area contributed by atoms with Gasteiger partial charge in [-0.05, 0) is 57.5 Å². The molecule has 4 nitrogen and oxygen atoms in total. The van der Waals surface area contributed by atoms with Crippen LogP contribution in [0.25, 0.3) is 0 Å². The van der Waals surface area contributed by atoms with Crippen molar-refractivity contribution in [3.8, 4) is 0 Å². The van der Waals surface area contributed by atoms with Crippen LogP contribution in [0.3, 0.4) is 0 Å². The molecule has 0 radical (unpaired) electrons. The van der Waals surface area contributed by atoms with Gasteiger partial charge in [-0.15, -0.1) is 0 Å². The first kappa shape index (κ1) is 16.2. The number of aryl methyl sites for hydroxylation is 1. The number of nitrogens with zero attached hydrogens (tertiary/aromatic N) is 1. The maximum Gasteiger partial charge on any atom is 0.243 e. The predicted molar refractivity (Wildman–Crippen MR) is 85.8 cm³/mol. The summed E-state index contributed by atoms with van der Waals surface area (Å²) in [6.07, 6.45) is 4.93. The molecule has 0 amide bonds. The highest BCUT2D eigenvalue weighted by atomic mass is 32.2. The summed E-state index contributed by atoms with van der Waals surface area (Å²) in [7, 11) is -1.42. The first-order valence-electron chi connectivity index (χ1n) is 7.43. The lowest BCUT2D eigenvalue weighted by atomic mass is 10.1. The molecule has 1 aliphatic heterocycles. The lowest BCUT2D eigenvalue weighted by Crippen LogP contribution is -2.35. The summed E-state index contributed by atoms with van der Waals surface area (Å²) in [4.78, 5) is 0.398. The van der Waals surface area contributed by atoms with Crippen LogP contribution in [0.5, 0.6) is 0 Å². The topological polar surface area (TPSA) is 49.4 Å². The molecule has 1 aromatic rings. The molecule has 0 saturated heterocycles. The Morgan fingerprint density at radius 2 is 1.95 bits per heavy atom. The second kappa shape index (κ2) is 7.20. The fraction of sp³-hybridized carbons (Fsp3) is 0.500. The molecule has 0 atom stereocenters. The van der Waals surface area contributed by atoms with Crippen molar-refractivity contribution < 1.29 is 8.42 Å². The van der Waals surface area contributed by atoms with Crippen molar-refractivity contribution >= 4 is 10.0 Å². The molecule has 0 aromatic heterocycles. The summed E-state index contributed by atoms with van der Waals surface area (Å²) in [6.45, 7) is 4.03. The highest BCUT2D eigenvalue weighted by molar-refractivity contribution is 7.89. The number of hydrogen-bond donors (Lipinski definition) is 1. The summed E-state index contributed by atoms with van der Waals surface area (Å²) in [5, 5.41) is 3.11. The molecular weight excluding hydrogens is 284 g/mol. The third kappa shape index (κ3) is 4.15. The molecule has 1 aliphatic rings. The molecule has 5 heteroatoms. The van der Waals surface area contributed by atoms with Gasteiger partial charge in [0.1, 0.15) is 0 Å². The van der Waals surface area contributed by atoms with E-state index in [1.807, 2.05) is 26.1 Å². The van der Waals surface area contributed by atoms with Gasteiger partial charge in [0.15, 0.2) is 0 Å². The minimum Gasteiger partial charge on any atom is -0.320 e. The monoisotopic (exact) mass is 308 g/mol. The van der Waals surface area contributed by atoms with Gasteiger partial charge in [-0.3, -0.25) is 0 Å². The van der Waals surface area contributed by atoms with Gasteiger partial charge in [0.2, 0.25) is 10.0 Å². The molecule has 0 spiro atoms. The first-order valence-corrected chi connectivity index (χ1v) is 8.87. The van der Waals surface area contributed by atoms with Gasteiger partial charge in [0, 0.05) is 13.1 Å². The van der Waals surface area contributed by atoms with E-state index < -0.39 is 10.0 Å². The van der Waals surface area contributed by atoms with E-state index in [9.17, 15) is 8.42 Å². The normalized spacial score (nSPS) is 16.8. The fourth-order valence-corrected chi connectivity index (χ4v) is 4.03. The van der Waals surface area contributed by atoms with E-state index in [2.05, 4.69) is 11.4 Å².